The van der Waals surface area contributed by atoms with Crippen molar-refractivity contribution < 1.29 is 24.5 Å². The average Bonchev–Trinajstić information content (AvgIpc) is 2.86. The van der Waals surface area contributed by atoms with Crippen molar-refractivity contribution in [2.75, 3.05) is 0 Å². The Labute approximate surface area is 117 Å². The highest BCUT2D eigenvalue weighted by molar-refractivity contribution is 5.57. The zero-order chi connectivity index (χ0) is 14.5. The molecule has 0 unspecified atom stereocenters. The highest BCUT2D eigenvalue weighted by Crippen LogP contribution is 2.77. The van der Waals surface area contributed by atoms with Gasteiger partial charge in [-0.15, -0.1) is 0 Å². The Morgan fingerprint density at radius 3 is 2.75 bits per heavy atom. The second-order valence-corrected chi connectivity index (χ2v) is 7.40. The molecule has 0 radical (unpaired) electrons. The molecular weight excluding hydrogens is 260 g/mol. The van der Waals surface area contributed by atoms with Crippen LogP contribution in [0, 0.1) is 17.3 Å². The number of fused-ring (bicyclic) bond motifs is 2. The molecule has 7 atom stereocenters. The third kappa shape index (κ3) is 1.16. The van der Waals surface area contributed by atoms with Gasteiger partial charge >= 0.3 is 6.16 Å². The monoisotopic (exact) mass is 280 g/mol. The zero-order valence-corrected chi connectivity index (χ0v) is 11.8. The van der Waals surface area contributed by atoms with E-state index in [-0.39, 0.29) is 23.0 Å². The number of hydrogen-bond donors (Lipinski definition) is 2. The number of aliphatic hydroxyl groups excluding tert-OH is 1. The van der Waals surface area contributed by atoms with Gasteiger partial charge in [-0.3, -0.25) is 0 Å². The Morgan fingerprint density at radius 1 is 1.40 bits per heavy atom. The predicted molar refractivity (Wildman–Crippen MR) is 69.2 cm³/mol. The van der Waals surface area contributed by atoms with Crippen molar-refractivity contribution in [1.29, 1.82) is 0 Å². The maximum atomic E-state index is 10.9. The van der Waals surface area contributed by atoms with E-state index in [0.29, 0.717) is 12.3 Å². The third-order valence-electron chi connectivity index (χ3n) is 6.49. The first kappa shape index (κ1) is 12.7. The summed E-state index contributed by atoms with van der Waals surface area (Å²) in [6, 6.07) is 0. The smallest absolute Gasteiger partial charge is 0.450 e. The molecule has 1 aliphatic heterocycles. The van der Waals surface area contributed by atoms with Crippen LogP contribution in [0.5, 0.6) is 0 Å². The molecule has 2 N–H and O–H groups in total. The standard InChI is InChI=1S/C15H20O5/c1-7-10(16)11-15(19-11)5-8-4-13(2,20-12(17)18)6-9(8)14(7,15)3/h8-11,16H,1,4-6H2,2-3H3,(H,17,18)/t8-,9-,10-,11-,13+,14+,15-/m1/s1. The lowest BCUT2D eigenvalue weighted by Gasteiger charge is -2.36. The van der Waals surface area contributed by atoms with E-state index in [4.69, 9.17) is 14.6 Å². The molecule has 20 heavy (non-hydrogen) atoms. The number of carboxylic acid groups (broad SMARTS) is 1. The molecule has 4 rings (SSSR count). The molecule has 0 aromatic rings. The average molecular weight is 280 g/mol. The largest absolute Gasteiger partial charge is 0.506 e. The summed E-state index contributed by atoms with van der Waals surface area (Å²) in [7, 11) is 0. The minimum atomic E-state index is -1.21. The van der Waals surface area contributed by atoms with Crippen LogP contribution < -0.4 is 0 Å². The Hall–Kier alpha value is -1.07. The molecular formula is C15H20O5. The van der Waals surface area contributed by atoms with Crippen LogP contribution in [0.4, 0.5) is 4.79 Å². The molecule has 1 saturated heterocycles. The third-order valence-corrected chi connectivity index (χ3v) is 6.49. The summed E-state index contributed by atoms with van der Waals surface area (Å²) in [5.41, 5.74) is -0.254. The maximum absolute atomic E-state index is 10.9. The molecule has 5 heteroatoms. The van der Waals surface area contributed by atoms with Gasteiger partial charge < -0.3 is 19.7 Å². The second-order valence-electron chi connectivity index (χ2n) is 7.40. The van der Waals surface area contributed by atoms with E-state index in [0.717, 1.165) is 18.4 Å². The van der Waals surface area contributed by atoms with E-state index in [1.807, 2.05) is 6.92 Å². The molecule has 0 amide bonds. The summed E-state index contributed by atoms with van der Waals surface area (Å²) in [4.78, 5) is 10.9. The summed E-state index contributed by atoms with van der Waals surface area (Å²) in [5, 5.41) is 19.1. The van der Waals surface area contributed by atoms with Crippen LogP contribution in [-0.2, 0) is 9.47 Å². The fourth-order valence-corrected chi connectivity index (χ4v) is 5.61. The van der Waals surface area contributed by atoms with Crippen molar-refractivity contribution in [2.24, 2.45) is 17.3 Å². The summed E-state index contributed by atoms with van der Waals surface area (Å²) in [6.07, 6.45) is 0.418. The number of carbonyl (C=O) groups is 1. The Balaban J connectivity index is 1.67. The van der Waals surface area contributed by atoms with Crippen LogP contribution in [0.25, 0.3) is 0 Å². The molecule has 5 nitrogen and oxygen atoms in total. The predicted octanol–water partition coefficient (Wildman–Crippen LogP) is 1.94. The van der Waals surface area contributed by atoms with Gasteiger partial charge in [0.2, 0.25) is 0 Å². The van der Waals surface area contributed by atoms with Gasteiger partial charge in [-0.05, 0) is 43.6 Å². The van der Waals surface area contributed by atoms with Crippen LogP contribution in [0.1, 0.15) is 33.1 Å². The number of aliphatic hydroxyl groups is 1. The lowest BCUT2D eigenvalue weighted by Crippen LogP contribution is -2.38. The fourth-order valence-electron chi connectivity index (χ4n) is 5.61. The van der Waals surface area contributed by atoms with E-state index < -0.39 is 17.9 Å². The van der Waals surface area contributed by atoms with Crippen molar-refractivity contribution in [3.05, 3.63) is 12.2 Å². The summed E-state index contributed by atoms with van der Waals surface area (Å²) in [6.45, 7) is 8.10. The van der Waals surface area contributed by atoms with Gasteiger partial charge in [0.1, 0.15) is 23.4 Å². The van der Waals surface area contributed by atoms with Crippen molar-refractivity contribution in [2.45, 2.75) is 56.5 Å². The topological polar surface area (TPSA) is 79.3 Å². The number of rotatable bonds is 1. The Kier molecular flexibility index (Phi) is 2.04. The normalized spacial score (nSPS) is 59.0. The van der Waals surface area contributed by atoms with Crippen LogP contribution in [0.3, 0.4) is 0 Å². The highest BCUT2D eigenvalue weighted by atomic mass is 16.7. The summed E-state index contributed by atoms with van der Waals surface area (Å²) < 4.78 is 11.0. The zero-order valence-electron chi connectivity index (χ0n) is 11.8. The van der Waals surface area contributed by atoms with E-state index in [1.165, 1.54) is 0 Å². The summed E-state index contributed by atoms with van der Waals surface area (Å²) in [5.74, 6) is 0.667. The molecule has 110 valence electrons. The van der Waals surface area contributed by atoms with E-state index in [2.05, 4.69) is 13.5 Å². The molecule has 3 aliphatic carbocycles. The van der Waals surface area contributed by atoms with E-state index >= 15 is 0 Å². The Morgan fingerprint density at radius 2 is 2.10 bits per heavy atom. The van der Waals surface area contributed by atoms with Crippen LogP contribution >= 0.6 is 0 Å². The number of hydrogen-bond acceptors (Lipinski definition) is 4. The van der Waals surface area contributed by atoms with Gasteiger partial charge in [-0.25, -0.2) is 4.79 Å². The van der Waals surface area contributed by atoms with Crippen molar-refractivity contribution in [3.8, 4) is 0 Å². The first-order valence-corrected chi connectivity index (χ1v) is 7.21. The molecule has 0 aromatic carbocycles. The SMILES string of the molecule is C=C1[C@@H](O)[C@H]2O[C@]23C[C@H]2C[C@](C)(OC(=O)O)C[C@H]2[C@]13C. The van der Waals surface area contributed by atoms with Gasteiger partial charge in [-0.2, -0.15) is 0 Å². The minimum Gasteiger partial charge on any atom is -0.450 e. The van der Waals surface area contributed by atoms with Gasteiger partial charge in [0, 0.05) is 5.41 Å². The van der Waals surface area contributed by atoms with Crippen LogP contribution in [0.2, 0.25) is 0 Å². The van der Waals surface area contributed by atoms with Crippen molar-refractivity contribution in [3.63, 3.8) is 0 Å². The Bertz CT molecular complexity index is 530. The summed E-state index contributed by atoms with van der Waals surface area (Å²) >= 11 is 0. The van der Waals surface area contributed by atoms with Crippen molar-refractivity contribution in [1.82, 2.24) is 0 Å². The maximum Gasteiger partial charge on any atom is 0.506 e. The van der Waals surface area contributed by atoms with Gasteiger partial charge in [0.15, 0.2) is 0 Å². The molecule has 1 spiro atoms. The van der Waals surface area contributed by atoms with Crippen molar-refractivity contribution >= 4 is 6.16 Å². The highest BCUT2D eigenvalue weighted by Gasteiger charge is 2.83. The van der Waals surface area contributed by atoms with E-state index in [9.17, 15) is 9.90 Å². The van der Waals surface area contributed by atoms with Crippen LogP contribution in [0.15, 0.2) is 12.2 Å². The molecule has 0 aromatic heterocycles. The van der Waals surface area contributed by atoms with Gasteiger partial charge in [0.05, 0.1) is 0 Å². The lowest BCUT2D eigenvalue weighted by molar-refractivity contribution is -0.0158. The molecule has 1 heterocycles. The molecule has 4 fully saturated rings. The lowest BCUT2D eigenvalue weighted by atomic mass is 9.70. The number of ether oxygens (including phenoxy) is 2. The van der Waals surface area contributed by atoms with E-state index in [1.54, 1.807) is 0 Å². The van der Waals surface area contributed by atoms with Gasteiger partial charge in [0.25, 0.3) is 0 Å². The minimum absolute atomic E-state index is 0.0998. The molecule has 4 aliphatic rings. The molecule has 0 bridgehead atoms. The first-order chi connectivity index (χ1) is 9.23. The van der Waals surface area contributed by atoms with Crippen LogP contribution in [-0.4, -0.2) is 39.8 Å². The fraction of sp³-hybridized carbons (Fsp3) is 0.800. The molecule has 3 saturated carbocycles. The van der Waals surface area contributed by atoms with Gasteiger partial charge in [-0.1, -0.05) is 13.5 Å². The second kappa shape index (κ2) is 3.22. The first-order valence-electron chi connectivity index (χ1n) is 7.21. The quantitative estimate of drug-likeness (QED) is 0.436. The number of epoxide rings is 1.